The predicted octanol–water partition coefficient (Wildman–Crippen LogP) is 0.758. The van der Waals surface area contributed by atoms with E-state index >= 15 is 0 Å². The Balaban J connectivity index is 1.32. The highest BCUT2D eigenvalue weighted by atomic mass is 16.6. The zero-order chi connectivity index (χ0) is 35.7. The summed E-state index contributed by atoms with van der Waals surface area (Å²) in [6, 6.07) is 25.4. The molecule has 2 heterocycles. The third kappa shape index (κ3) is 8.33. The highest BCUT2D eigenvalue weighted by Crippen LogP contribution is 2.29. The maximum Gasteiger partial charge on any atom is 0.365 e. The molecule has 3 atom stereocenters. The van der Waals surface area contributed by atoms with Crippen molar-refractivity contribution in [3.05, 3.63) is 108 Å². The maximum absolute atomic E-state index is 12.7. The van der Waals surface area contributed by atoms with Crippen molar-refractivity contribution in [2.24, 2.45) is 0 Å². The van der Waals surface area contributed by atoms with Crippen LogP contribution in [-0.2, 0) is 52.7 Å². The number of aliphatic carboxylic acids is 3. The molecular formula is C35H39N5O10. The number of carbonyl (C=O) groups excluding carboxylic acids is 2. The van der Waals surface area contributed by atoms with Crippen molar-refractivity contribution in [2.75, 3.05) is 39.3 Å². The fourth-order valence-corrected chi connectivity index (χ4v) is 6.20. The summed E-state index contributed by atoms with van der Waals surface area (Å²) in [4.78, 5) is 64.3. The van der Waals surface area contributed by atoms with E-state index in [1.165, 1.54) is 10.0 Å². The lowest BCUT2D eigenvalue weighted by atomic mass is 10.0. The van der Waals surface area contributed by atoms with Crippen LogP contribution in [0.25, 0.3) is 0 Å². The minimum Gasteiger partial charge on any atom is -0.480 e. The van der Waals surface area contributed by atoms with E-state index < -0.39 is 47.3 Å². The number of hydrogen-bond acceptors (Lipinski definition) is 12. The molecule has 5 rings (SSSR count). The van der Waals surface area contributed by atoms with Crippen molar-refractivity contribution >= 4 is 29.8 Å². The second-order valence-corrected chi connectivity index (χ2v) is 12.0. The second kappa shape index (κ2) is 16.0. The van der Waals surface area contributed by atoms with Gasteiger partial charge in [-0.1, -0.05) is 91.0 Å². The molecule has 50 heavy (non-hydrogen) atoms. The SMILES string of the molecule is O=C1CN(NCCN(CCNN2CC(=O)OC2(Cc2ccccc2)C(=O)O)C(Cc2ccccc2)C(=O)O)C(Cc2ccccc2)(C(=O)O)O1. The number of rotatable bonds is 18. The van der Waals surface area contributed by atoms with Crippen LogP contribution in [0.1, 0.15) is 16.7 Å². The van der Waals surface area contributed by atoms with E-state index in [1.807, 2.05) is 6.07 Å². The van der Waals surface area contributed by atoms with Crippen LogP contribution < -0.4 is 10.9 Å². The molecule has 3 aromatic rings. The van der Waals surface area contributed by atoms with Gasteiger partial charge in [0.1, 0.15) is 19.1 Å². The van der Waals surface area contributed by atoms with Gasteiger partial charge in [-0.05, 0) is 23.1 Å². The van der Waals surface area contributed by atoms with E-state index in [-0.39, 0.29) is 58.5 Å². The van der Waals surface area contributed by atoms with E-state index in [1.54, 1.807) is 89.8 Å². The van der Waals surface area contributed by atoms with Gasteiger partial charge in [0.25, 0.3) is 11.4 Å². The van der Waals surface area contributed by atoms with Crippen LogP contribution in [0.5, 0.6) is 0 Å². The van der Waals surface area contributed by atoms with Crippen molar-refractivity contribution < 1.29 is 48.8 Å². The number of ether oxygens (including phenoxy) is 2. The molecule has 0 spiro atoms. The first kappa shape index (κ1) is 36.1. The molecule has 0 amide bonds. The fourth-order valence-electron chi connectivity index (χ4n) is 6.20. The quantitative estimate of drug-likeness (QED) is 0.117. The molecule has 2 aliphatic heterocycles. The number of nitrogens with one attached hydrogen (secondary N) is 2. The van der Waals surface area contributed by atoms with Gasteiger partial charge >= 0.3 is 29.8 Å². The Morgan fingerprint density at radius 1 is 0.660 bits per heavy atom. The number of carboxylic acid groups (broad SMARTS) is 3. The Bertz CT molecular complexity index is 1570. The monoisotopic (exact) mass is 689 g/mol. The smallest absolute Gasteiger partial charge is 0.365 e. The molecule has 2 fully saturated rings. The van der Waals surface area contributed by atoms with Crippen LogP contribution in [0.2, 0.25) is 0 Å². The number of nitrogens with zero attached hydrogens (tertiary/aromatic N) is 3. The Morgan fingerprint density at radius 2 is 1.04 bits per heavy atom. The van der Waals surface area contributed by atoms with Gasteiger partial charge < -0.3 is 24.8 Å². The zero-order valence-corrected chi connectivity index (χ0v) is 27.1. The van der Waals surface area contributed by atoms with Crippen molar-refractivity contribution in [3.8, 4) is 0 Å². The van der Waals surface area contributed by atoms with Crippen molar-refractivity contribution in [1.82, 2.24) is 25.8 Å². The number of hydrazine groups is 2. The van der Waals surface area contributed by atoms with Gasteiger partial charge in [-0.2, -0.15) is 10.0 Å². The van der Waals surface area contributed by atoms with E-state index in [4.69, 9.17) is 9.47 Å². The van der Waals surface area contributed by atoms with Gasteiger partial charge in [-0.3, -0.25) is 19.3 Å². The van der Waals surface area contributed by atoms with Gasteiger partial charge in [0, 0.05) is 39.0 Å². The first-order chi connectivity index (χ1) is 24.0. The van der Waals surface area contributed by atoms with E-state index in [2.05, 4.69) is 10.9 Å². The number of hydrogen-bond donors (Lipinski definition) is 5. The number of carbonyl (C=O) groups is 5. The fraction of sp³-hybridized carbons (Fsp3) is 0.343. The van der Waals surface area contributed by atoms with Gasteiger partial charge in [-0.15, -0.1) is 0 Å². The normalized spacial score (nSPS) is 21.5. The number of benzene rings is 3. The van der Waals surface area contributed by atoms with Crippen LogP contribution in [0, 0.1) is 0 Å². The summed E-state index contributed by atoms with van der Waals surface area (Å²) in [5, 5.41) is 33.2. The molecule has 264 valence electrons. The highest BCUT2D eigenvalue weighted by Gasteiger charge is 2.55. The Kier molecular flexibility index (Phi) is 11.6. The van der Waals surface area contributed by atoms with Crippen molar-refractivity contribution in [2.45, 2.75) is 36.8 Å². The van der Waals surface area contributed by atoms with Gasteiger partial charge in [0.05, 0.1) is 0 Å². The first-order valence-corrected chi connectivity index (χ1v) is 16.0. The second-order valence-electron chi connectivity index (χ2n) is 12.0. The molecule has 0 aliphatic carbocycles. The lowest BCUT2D eigenvalue weighted by molar-refractivity contribution is -0.186. The van der Waals surface area contributed by atoms with E-state index in [9.17, 15) is 39.3 Å². The molecule has 3 aromatic carbocycles. The topological polar surface area (TPSA) is 198 Å². The molecule has 5 N–H and O–H groups in total. The molecule has 2 saturated heterocycles. The van der Waals surface area contributed by atoms with Gasteiger partial charge in [0.2, 0.25) is 0 Å². The summed E-state index contributed by atoms with van der Waals surface area (Å²) < 4.78 is 10.8. The van der Waals surface area contributed by atoms with E-state index in [0.29, 0.717) is 11.1 Å². The molecule has 0 radical (unpaired) electrons. The molecule has 0 bridgehead atoms. The summed E-state index contributed by atoms with van der Waals surface area (Å²) in [6.07, 6.45) is -0.134. The van der Waals surface area contributed by atoms with Crippen molar-refractivity contribution in [1.29, 1.82) is 0 Å². The molecule has 2 aliphatic rings. The highest BCUT2D eigenvalue weighted by molar-refractivity contribution is 5.87. The van der Waals surface area contributed by atoms with Crippen LogP contribution >= 0.6 is 0 Å². The van der Waals surface area contributed by atoms with Crippen molar-refractivity contribution in [3.63, 3.8) is 0 Å². The molecule has 15 nitrogen and oxygen atoms in total. The van der Waals surface area contributed by atoms with Gasteiger partial charge in [-0.25, -0.2) is 20.4 Å². The summed E-state index contributed by atoms with van der Waals surface area (Å²) >= 11 is 0. The summed E-state index contributed by atoms with van der Waals surface area (Å²) in [7, 11) is 0. The molecule has 0 aromatic heterocycles. The van der Waals surface area contributed by atoms with E-state index in [0.717, 1.165) is 5.56 Å². The molecule has 15 heteroatoms. The molecule has 0 saturated carbocycles. The third-order valence-electron chi connectivity index (χ3n) is 8.65. The average Bonchev–Trinajstić information content (AvgIpc) is 3.59. The number of esters is 2. The largest absolute Gasteiger partial charge is 0.480 e. The number of cyclic esters (lactones) is 2. The Labute approximate surface area is 287 Å². The van der Waals surface area contributed by atoms with Gasteiger partial charge in [0.15, 0.2) is 0 Å². The average molecular weight is 690 g/mol. The minimum atomic E-state index is -2.03. The summed E-state index contributed by atoms with van der Waals surface area (Å²) in [5.41, 5.74) is 3.95. The Hall–Kier alpha value is -5.19. The summed E-state index contributed by atoms with van der Waals surface area (Å²) in [5.74, 6) is -5.31. The first-order valence-electron chi connectivity index (χ1n) is 16.0. The Morgan fingerprint density at radius 3 is 1.40 bits per heavy atom. The zero-order valence-electron chi connectivity index (χ0n) is 27.1. The lowest BCUT2D eigenvalue weighted by Crippen LogP contribution is -2.61. The van der Waals surface area contributed by atoms with Crippen LogP contribution in [0.4, 0.5) is 0 Å². The number of carboxylic acids is 3. The standard InChI is InChI=1S/C35H39N5O10/c41-29-23-39(34(49-29,32(45)46)21-26-12-6-2-7-13-26)36-16-18-38(28(31(43)44)20-25-10-4-1-5-11-25)19-17-37-40-24-30(42)50-35(40,33(47)48)22-27-14-8-3-9-15-27/h1-15,28,36-37H,16-24H2,(H,43,44)(H,45,46)(H,47,48). The lowest BCUT2D eigenvalue weighted by Gasteiger charge is -2.35. The minimum absolute atomic E-state index is 0.0252. The van der Waals surface area contributed by atoms with Crippen LogP contribution in [-0.4, -0.2) is 117 Å². The predicted molar refractivity (Wildman–Crippen MR) is 176 cm³/mol. The van der Waals surface area contributed by atoms with Crippen LogP contribution in [0.3, 0.4) is 0 Å². The maximum atomic E-state index is 12.7. The summed E-state index contributed by atoms with van der Waals surface area (Å²) in [6.45, 7) is -0.514. The molecular weight excluding hydrogens is 650 g/mol. The van der Waals surface area contributed by atoms with Crippen LogP contribution in [0.15, 0.2) is 91.0 Å². The molecule has 3 unspecified atom stereocenters. The third-order valence-corrected chi connectivity index (χ3v) is 8.65.